The van der Waals surface area contributed by atoms with Crippen LogP contribution in [0.1, 0.15) is 17.6 Å². The summed E-state index contributed by atoms with van der Waals surface area (Å²) in [6, 6.07) is 3.78. The summed E-state index contributed by atoms with van der Waals surface area (Å²) in [5, 5.41) is 2.99. The van der Waals surface area contributed by atoms with E-state index in [0.29, 0.717) is 3.57 Å². The van der Waals surface area contributed by atoms with Gasteiger partial charge < -0.3 is 0 Å². The lowest BCUT2D eigenvalue weighted by Gasteiger charge is -2.08. The predicted molar refractivity (Wildman–Crippen MR) is 64.2 cm³/mol. The Hall–Kier alpha value is -0.230. The van der Waals surface area contributed by atoms with Gasteiger partial charge in [0.05, 0.1) is 0 Å². The molecule has 0 aliphatic carbocycles. The van der Waals surface area contributed by atoms with E-state index in [1.165, 1.54) is 11.3 Å². The molecule has 0 bridgehead atoms. The van der Waals surface area contributed by atoms with Crippen molar-refractivity contribution in [2.45, 2.75) is 13.3 Å². The van der Waals surface area contributed by atoms with Crippen molar-refractivity contribution < 1.29 is 8.78 Å². The monoisotopic (exact) mass is 324 g/mol. The zero-order valence-corrected chi connectivity index (χ0v) is 10.3. The molecule has 0 saturated heterocycles. The Balaban J connectivity index is 2.82. The van der Waals surface area contributed by atoms with Crippen molar-refractivity contribution in [3.8, 4) is 0 Å². The quantitative estimate of drug-likeness (QED) is 0.664. The van der Waals surface area contributed by atoms with Crippen LogP contribution in [0, 0.1) is 10.5 Å². The Morgan fingerprint density at radius 2 is 2.14 bits per heavy atom. The molecule has 0 saturated carbocycles. The van der Waals surface area contributed by atoms with E-state index < -0.39 is 6.43 Å². The average Bonchev–Trinajstić information content (AvgIpc) is 2.50. The number of thiophene rings is 1. The molecule has 4 heteroatoms. The van der Waals surface area contributed by atoms with Gasteiger partial charge in [0.25, 0.3) is 6.43 Å². The molecule has 2 aromatic rings. The van der Waals surface area contributed by atoms with Crippen molar-refractivity contribution in [1.82, 2.24) is 0 Å². The number of rotatable bonds is 1. The zero-order valence-electron chi connectivity index (χ0n) is 7.35. The lowest BCUT2D eigenvalue weighted by Crippen LogP contribution is -1.93. The van der Waals surface area contributed by atoms with Gasteiger partial charge in [-0.1, -0.05) is 0 Å². The van der Waals surface area contributed by atoms with Gasteiger partial charge in [0.1, 0.15) is 0 Å². The van der Waals surface area contributed by atoms with Crippen molar-refractivity contribution in [3.63, 3.8) is 0 Å². The Bertz CT molecular complexity index is 476. The van der Waals surface area contributed by atoms with Gasteiger partial charge in [0, 0.05) is 13.8 Å². The Labute approximate surface area is 98.1 Å². The van der Waals surface area contributed by atoms with Gasteiger partial charge >= 0.3 is 0 Å². The summed E-state index contributed by atoms with van der Waals surface area (Å²) < 4.78 is 27.1. The molecule has 0 spiro atoms. The third kappa shape index (κ3) is 1.54. The van der Waals surface area contributed by atoms with E-state index in [2.05, 4.69) is 0 Å². The van der Waals surface area contributed by atoms with Crippen molar-refractivity contribution in [2.24, 2.45) is 0 Å². The second-order valence-electron chi connectivity index (χ2n) is 3.04. The summed E-state index contributed by atoms with van der Waals surface area (Å²) in [7, 11) is 0. The fourth-order valence-electron chi connectivity index (χ4n) is 1.52. The molecule has 0 N–H and O–H groups in total. The standard InChI is InChI=1S/C10H7F2IS/c1-5-8(10(11)12)7(13)4-6-2-3-14-9(5)6/h2-4,10H,1H3. The van der Waals surface area contributed by atoms with Gasteiger partial charge in [-0.2, -0.15) is 0 Å². The number of benzene rings is 1. The highest BCUT2D eigenvalue weighted by Crippen LogP contribution is 2.35. The van der Waals surface area contributed by atoms with Gasteiger partial charge in [0.2, 0.25) is 0 Å². The van der Waals surface area contributed by atoms with E-state index in [9.17, 15) is 8.78 Å². The Morgan fingerprint density at radius 3 is 2.79 bits per heavy atom. The molecule has 2 rings (SSSR count). The van der Waals surface area contributed by atoms with Crippen molar-refractivity contribution in [1.29, 1.82) is 0 Å². The maximum atomic E-state index is 12.7. The number of hydrogen-bond acceptors (Lipinski definition) is 1. The minimum Gasteiger partial charge on any atom is -0.205 e. The highest BCUT2D eigenvalue weighted by Gasteiger charge is 2.17. The van der Waals surface area contributed by atoms with Gasteiger partial charge in [-0.3, -0.25) is 0 Å². The SMILES string of the molecule is Cc1c(C(F)F)c(I)cc2ccsc12. The lowest BCUT2D eigenvalue weighted by molar-refractivity contribution is 0.150. The van der Waals surface area contributed by atoms with Crippen LogP contribution >= 0.6 is 33.9 Å². The highest BCUT2D eigenvalue weighted by atomic mass is 127. The largest absolute Gasteiger partial charge is 0.265 e. The fourth-order valence-corrected chi connectivity index (χ4v) is 3.40. The molecular formula is C10H7F2IS. The lowest BCUT2D eigenvalue weighted by atomic mass is 10.1. The van der Waals surface area contributed by atoms with Crippen LogP contribution in [0.15, 0.2) is 17.5 Å². The van der Waals surface area contributed by atoms with E-state index in [1.807, 2.05) is 40.1 Å². The van der Waals surface area contributed by atoms with E-state index >= 15 is 0 Å². The van der Waals surface area contributed by atoms with Crippen LogP contribution in [0.5, 0.6) is 0 Å². The third-order valence-corrected chi connectivity index (χ3v) is 4.14. The van der Waals surface area contributed by atoms with Crippen LogP contribution < -0.4 is 0 Å². The van der Waals surface area contributed by atoms with E-state index in [1.54, 1.807) is 6.92 Å². The third-order valence-electron chi connectivity index (χ3n) is 2.20. The molecule has 1 aromatic heterocycles. The van der Waals surface area contributed by atoms with Gasteiger partial charge in [-0.15, -0.1) is 11.3 Å². The van der Waals surface area contributed by atoms with Gasteiger partial charge in [0.15, 0.2) is 0 Å². The summed E-state index contributed by atoms with van der Waals surface area (Å²) in [6.45, 7) is 1.77. The first-order valence-electron chi connectivity index (χ1n) is 4.05. The molecule has 14 heavy (non-hydrogen) atoms. The summed E-state index contributed by atoms with van der Waals surface area (Å²) in [4.78, 5) is 0. The molecule has 0 nitrogen and oxygen atoms in total. The number of alkyl halides is 2. The molecule has 0 atom stereocenters. The second kappa shape index (κ2) is 3.73. The molecule has 74 valence electrons. The summed E-state index contributed by atoms with van der Waals surface area (Å²) in [5.74, 6) is 0. The molecule has 1 heterocycles. The van der Waals surface area contributed by atoms with Crippen LogP contribution in [-0.2, 0) is 0 Å². The van der Waals surface area contributed by atoms with Crippen LogP contribution in [0.2, 0.25) is 0 Å². The summed E-state index contributed by atoms with van der Waals surface area (Å²) >= 11 is 3.49. The van der Waals surface area contributed by atoms with Crippen molar-refractivity contribution in [2.75, 3.05) is 0 Å². The number of hydrogen-bond donors (Lipinski definition) is 0. The second-order valence-corrected chi connectivity index (χ2v) is 5.12. The first kappa shape index (κ1) is 10.3. The minimum atomic E-state index is -2.38. The summed E-state index contributed by atoms with van der Waals surface area (Å²) in [6.07, 6.45) is -2.38. The highest BCUT2D eigenvalue weighted by molar-refractivity contribution is 14.1. The maximum absolute atomic E-state index is 12.7. The van der Waals surface area contributed by atoms with Crippen LogP contribution in [0.3, 0.4) is 0 Å². The van der Waals surface area contributed by atoms with Crippen molar-refractivity contribution >= 4 is 44.0 Å². The van der Waals surface area contributed by atoms with E-state index in [0.717, 1.165) is 15.6 Å². The van der Waals surface area contributed by atoms with Crippen molar-refractivity contribution in [3.05, 3.63) is 32.2 Å². The number of fused-ring (bicyclic) bond motifs is 1. The van der Waals surface area contributed by atoms with Crippen LogP contribution in [0.4, 0.5) is 8.78 Å². The average molecular weight is 324 g/mol. The first-order valence-corrected chi connectivity index (χ1v) is 6.01. The van der Waals surface area contributed by atoms with E-state index in [4.69, 9.17) is 0 Å². The normalized spacial score (nSPS) is 11.5. The van der Waals surface area contributed by atoms with E-state index in [-0.39, 0.29) is 5.56 Å². The number of halogens is 3. The molecule has 0 amide bonds. The predicted octanol–water partition coefficient (Wildman–Crippen LogP) is 4.75. The molecule has 0 fully saturated rings. The summed E-state index contributed by atoms with van der Waals surface area (Å²) in [5.41, 5.74) is 0.900. The molecular weight excluding hydrogens is 317 g/mol. The van der Waals surface area contributed by atoms with Crippen LogP contribution in [-0.4, -0.2) is 0 Å². The minimum absolute atomic E-state index is 0.181. The molecule has 1 aromatic carbocycles. The molecule has 0 radical (unpaired) electrons. The topological polar surface area (TPSA) is 0 Å². The zero-order chi connectivity index (χ0) is 10.3. The molecule has 0 unspecified atom stereocenters. The van der Waals surface area contributed by atoms with Crippen LogP contribution in [0.25, 0.3) is 10.1 Å². The maximum Gasteiger partial charge on any atom is 0.265 e. The Morgan fingerprint density at radius 1 is 1.43 bits per heavy atom. The number of aryl methyl sites for hydroxylation is 1. The molecule has 0 aliphatic heterocycles. The Kier molecular flexibility index (Phi) is 2.74. The first-order chi connectivity index (χ1) is 6.61. The van der Waals surface area contributed by atoms with Gasteiger partial charge in [-0.05, 0) is 58.0 Å². The fraction of sp³-hybridized carbons (Fsp3) is 0.200. The smallest absolute Gasteiger partial charge is 0.205 e. The van der Waals surface area contributed by atoms with Gasteiger partial charge in [-0.25, -0.2) is 8.78 Å². The molecule has 0 aliphatic rings.